The van der Waals surface area contributed by atoms with Gasteiger partial charge >= 0.3 is 0 Å². The Balaban J connectivity index is 2.47. The Morgan fingerprint density at radius 2 is 2.17 bits per heavy atom. The number of sulfone groups is 1. The van der Waals surface area contributed by atoms with E-state index >= 15 is 0 Å². The summed E-state index contributed by atoms with van der Waals surface area (Å²) in [4.78, 5) is 0. The van der Waals surface area contributed by atoms with Crippen molar-refractivity contribution in [1.29, 1.82) is 0 Å². The molecule has 1 rings (SSSR count). The highest BCUT2D eigenvalue weighted by atomic mass is 127. The zero-order chi connectivity index (χ0) is 9.19. The molecule has 0 aliphatic carbocycles. The van der Waals surface area contributed by atoms with Gasteiger partial charge < -0.3 is 4.74 Å². The van der Waals surface area contributed by atoms with E-state index in [0.29, 0.717) is 6.61 Å². The minimum atomic E-state index is -2.81. The first kappa shape index (κ1) is 10.7. The molecule has 0 saturated carbocycles. The Labute approximate surface area is 86.9 Å². The molecule has 1 fully saturated rings. The zero-order valence-electron chi connectivity index (χ0n) is 6.99. The molecule has 5 heteroatoms. The first-order chi connectivity index (χ1) is 5.55. The van der Waals surface area contributed by atoms with E-state index in [2.05, 4.69) is 22.6 Å². The van der Waals surface area contributed by atoms with Crippen LogP contribution in [0.5, 0.6) is 0 Å². The van der Waals surface area contributed by atoms with Crippen LogP contribution in [-0.4, -0.2) is 36.6 Å². The van der Waals surface area contributed by atoms with E-state index in [4.69, 9.17) is 4.74 Å². The zero-order valence-corrected chi connectivity index (χ0v) is 9.97. The lowest BCUT2D eigenvalue weighted by atomic mass is 10.3. The molecule has 0 aromatic rings. The van der Waals surface area contributed by atoms with Crippen LogP contribution in [0.4, 0.5) is 0 Å². The van der Waals surface area contributed by atoms with E-state index in [0.717, 1.165) is 6.42 Å². The number of hydrogen-bond acceptors (Lipinski definition) is 3. The van der Waals surface area contributed by atoms with Crippen molar-refractivity contribution >= 4 is 32.4 Å². The summed E-state index contributed by atoms with van der Waals surface area (Å²) in [5, 5.41) is 0. The van der Waals surface area contributed by atoms with Gasteiger partial charge in [0.05, 0.1) is 21.5 Å². The molecule has 0 aromatic carbocycles. The molecule has 1 aliphatic heterocycles. The molecule has 72 valence electrons. The van der Waals surface area contributed by atoms with Crippen LogP contribution >= 0.6 is 22.6 Å². The lowest BCUT2D eigenvalue weighted by molar-refractivity contribution is 0.0775. The van der Waals surface area contributed by atoms with E-state index < -0.39 is 9.84 Å². The molecule has 2 atom stereocenters. The molecule has 0 aromatic heterocycles. The van der Waals surface area contributed by atoms with Crippen molar-refractivity contribution in [3.8, 4) is 0 Å². The minimum absolute atomic E-state index is 0.0736. The van der Waals surface area contributed by atoms with Crippen molar-refractivity contribution in [2.45, 2.75) is 23.4 Å². The molecule has 1 saturated heterocycles. The summed E-state index contributed by atoms with van der Waals surface area (Å²) in [6.45, 7) is 2.69. The van der Waals surface area contributed by atoms with Gasteiger partial charge in [-0.3, -0.25) is 0 Å². The molecule has 12 heavy (non-hydrogen) atoms. The summed E-state index contributed by atoms with van der Waals surface area (Å²) in [5.41, 5.74) is 0. The first-order valence-electron chi connectivity index (χ1n) is 4.01. The molecule has 1 heterocycles. The van der Waals surface area contributed by atoms with Gasteiger partial charge in [0, 0.05) is 6.61 Å². The van der Waals surface area contributed by atoms with Crippen LogP contribution in [-0.2, 0) is 14.6 Å². The number of rotatable bonds is 3. The first-order valence-corrected chi connectivity index (χ1v) is 7.08. The van der Waals surface area contributed by atoms with Crippen LogP contribution in [0.15, 0.2) is 0 Å². The van der Waals surface area contributed by atoms with E-state index in [1.165, 1.54) is 0 Å². The van der Waals surface area contributed by atoms with Crippen LogP contribution in [0, 0.1) is 0 Å². The van der Waals surface area contributed by atoms with Gasteiger partial charge in [0.2, 0.25) is 0 Å². The van der Waals surface area contributed by atoms with Crippen molar-refractivity contribution in [2.24, 2.45) is 0 Å². The van der Waals surface area contributed by atoms with Gasteiger partial charge in [-0.2, -0.15) is 0 Å². The van der Waals surface area contributed by atoms with Crippen molar-refractivity contribution < 1.29 is 13.2 Å². The fourth-order valence-electron chi connectivity index (χ4n) is 1.19. The minimum Gasteiger partial charge on any atom is -0.376 e. The Morgan fingerprint density at radius 1 is 1.50 bits per heavy atom. The topological polar surface area (TPSA) is 43.4 Å². The monoisotopic (exact) mass is 304 g/mol. The lowest BCUT2D eigenvalue weighted by Crippen LogP contribution is -2.22. The van der Waals surface area contributed by atoms with Gasteiger partial charge in [-0.05, 0) is 6.42 Å². The van der Waals surface area contributed by atoms with Crippen LogP contribution in [0.2, 0.25) is 0 Å². The van der Waals surface area contributed by atoms with Gasteiger partial charge in [-0.15, -0.1) is 0 Å². The molecular formula is C7H13IO3S. The summed E-state index contributed by atoms with van der Waals surface area (Å²) in [6.07, 6.45) is 0.871. The average Bonchev–Trinajstić information content (AvgIpc) is 2.20. The second-order valence-electron chi connectivity index (χ2n) is 3.00. The predicted molar refractivity (Wildman–Crippen MR) is 56.5 cm³/mol. The number of alkyl halides is 1. The highest BCUT2D eigenvalue weighted by Gasteiger charge is 2.36. The second-order valence-corrected chi connectivity index (χ2v) is 6.76. The van der Waals surface area contributed by atoms with Crippen LogP contribution < -0.4 is 0 Å². The summed E-state index contributed by atoms with van der Waals surface area (Å²) >= 11 is 2.15. The molecule has 0 amide bonds. The van der Waals surface area contributed by atoms with Crippen LogP contribution in [0.3, 0.4) is 0 Å². The fourth-order valence-corrected chi connectivity index (χ4v) is 5.31. The molecular weight excluding hydrogens is 291 g/mol. The Hall–Kier alpha value is 0.640. The van der Waals surface area contributed by atoms with Gasteiger partial charge in [0.25, 0.3) is 0 Å². The predicted octanol–water partition coefficient (Wildman–Crippen LogP) is 1.01. The van der Waals surface area contributed by atoms with E-state index in [1.807, 2.05) is 6.92 Å². The quantitative estimate of drug-likeness (QED) is 0.577. The Bertz CT molecular complexity index is 237. The average molecular weight is 304 g/mol. The van der Waals surface area contributed by atoms with E-state index in [9.17, 15) is 8.42 Å². The maximum Gasteiger partial charge on any atom is 0.154 e. The summed E-state index contributed by atoms with van der Waals surface area (Å²) in [5.74, 6) is 0.489. The van der Waals surface area contributed by atoms with Crippen molar-refractivity contribution in [1.82, 2.24) is 0 Å². The Morgan fingerprint density at radius 3 is 2.58 bits per heavy atom. The summed E-state index contributed by atoms with van der Waals surface area (Å²) in [6, 6.07) is 0. The third-order valence-corrected chi connectivity index (χ3v) is 5.31. The molecule has 0 spiro atoms. The maximum atomic E-state index is 11.1. The van der Waals surface area contributed by atoms with Crippen molar-refractivity contribution in [3.63, 3.8) is 0 Å². The van der Waals surface area contributed by atoms with Gasteiger partial charge in [-0.1, -0.05) is 29.5 Å². The van der Waals surface area contributed by atoms with E-state index in [1.54, 1.807) is 0 Å². The second kappa shape index (κ2) is 4.23. The van der Waals surface area contributed by atoms with Gasteiger partial charge in [0.1, 0.15) is 0 Å². The van der Waals surface area contributed by atoms with Gasteiger partial charge in [-0.25, -0.2) is 8.42 Å². The van der Waals surface area contributed by atoms with Crippen molar-refractivity contribution in [3.05, 3.63) is 0 Å². The fraction of sp³-hybridized carbons (Fsp3) is 1.00. The third kappa shape index (κ3) is 2.85. The lowest BCUT2D eigenvalue weighted by Gasteiger charge is -2.12. The summed E-state index contributed by atoms with van der Waals surface area (Å²) in [7, 11) is -2.81. The van der Waals surface area contributed by atoms with Gasteiger partial charge in [0.15, 0.2) is 9.84 Å². The number of halogens is 1. The molecule has 3 nitrogen and oxygen atoms in total. The molecule has 0 bridgehead atoms. The molecule has 1 aliphatic rings. The number of ether oxygens (including phenoxy) is 1. The molecule has 2 unspecified atom stereocenters. The highest BCUT2D eigenvalue weighted by Crippen LogP contribution is 2.22. The smallest absolute Gasteiger partial charge is 0.154 e. The maximum absolute atomic E-state index is 11.1. The largest absolute Gasteiger partial charge is 0.376 e. The summed E-state index contributed by atoms with van der Waals surface area (Å²) < 4.78 is 27.8. The normalized spacial score (nSPS) is 33.8. The molecule has 0 N–H and O–H groups in total. The van der Waals surface area contributed by atoms with E-state index in [-0.39, 0.29) is 21.5 Å². The SMILES string of the molecule is CCCOC1CS(=O)(=O)CC1I. The van der Waals surface area contributed by atoms with Crippen LogP contribution in [0.1, 0.15) is 13.3 Å². The molecule has 0 radical (unpaired) electrons. The standard InChI is InChI=1S/C7H13IO3S/c1-2-3-11-7-5-12(9,10)4-6(7)8/h6-7H,2-5H2,1H3. The Kier molecular flexibility index (Phi) is 3.78. The van der Waals surface area contributed by atoms with Crippen molar-refractivity contribution in [2.75, 3.05) is 18.1 Å². The highest BCUT2D eigenvalue weighted by molar-refractivity contribution is 14.1. The van der Waals surface area contributed by atoms with Crippen LogP contribution in [0.25, 0.3) is 0 Å². The third-order valence-electron chi connectivity index (χ3n) is 1.77. The number of hydrogen-bond donors (Lipinski definition) is 0.